The first-order chi connectivity index (χ1) is 10.6. The van der Waals surface area contributed by atoms with E-state index in [1.54, 1.807) is 13.0 Å². The molecule has 0 spiro atoms. The molecule has 0 radical (unpaired) electrons. The third kappa shape index (κ3) is 4.68. The summed E-state index contributed by atoms with van der Waals surface area (Å²) in [5, 5.41) is 13.9. The highest BCUT2D eigenvalue weighted by Crippen LogP contribution is 2.24. The maximum atomic E-state index is 11.9. The van der Waals surface area contributed by atoms with Gasteiger partial charge < -0.3 is 20.2 Å². The second-order valence-corrected chi connectivity index (χ2v) is 5.58. The number of hydrogen-bond acceptors (Lipinski definition) is 5. The number of aryl methyl sites for hydroxylation is 1. The lowest BCUT2D eigenvalue weighted by Crippen LogP contribution is -2.37. The summed E-state index contributed by atoms with van der Waals surface area (Å²) in [6.45, 7) is 1.43. The summed E-state index contributed by atoms with van der Waals surface area (Å²) < 4.78 is 5.27. The van der Waals surface area contributed by atoms with Crippen molar-refractivity contribution in [3.63, 3.8) is 0 Å². The zero-order valence-electron chi connectivity index (χ0n) is 12.7. The lowest BCUT2D eigenvalue weighted by molar-refractivity contribution is -0.390. The average molecular weight is 307 g/mol. The van der Waals surface area contributed by atoms with Crippen LogP contribution in [0.1, 0.15) is 44.2 Å². The molecule has 1 aliphatic carbocycles. The molecule has 1 saturated carbocycles. The number of ether oxygens (including phenoxy) is 1. The monoisotopic (exact) mass is 307 g/mol. The number of nitrogens with one attached hydrogen (secondary N) is 1. The van der Waals surface area contributed by atoms with Gasteiger partial charge in [-0.1, -0.05) is 25.7 Å². The fraction of sp³-hybridized carbons (Fsp3) is 0.600. The van der Waals surface area contributed by atoms with E-state index < -0.39 is 4.92 Å². The summed E-state index contributed by atoms with van der Waals surface area (Å²) in [4.78, 5) is 26.1. The predicted molar refractivity (Wildman–Crippen MR) is 80.8 cm³/mol. The van der Waals surface area contributed by atoms with Crippen LogP contribution in [0.2, 0.25) is 0 Å². The molecular weight excluding hydrogens is 286 g/mol. The molecule has 1 fully saturated rings. The van der Waals surface area contributed by atoms with Gasteiger partial charge in [0.15, 0.2) is 6.61 Å². The highest BCUT2D eigenvalue weighted by Gasteiger charge is 2.20. The minimum atomic E-state index is -0.606. The minimum Gasteiger partial charge on any atom is -0.476 e. The van der Waals surface area contributed by atoms with Crippen molar-refractivity contribution in [3.05, 3.63) is 27.9 Å². The number of rotatable bonds is 5. The van der Waals surface area contributed by atoms with Crippen LogP contribution in [-0.2, 0) is 4.79 Å². The fourth-order valence-electron chi connectivity index (χ4n) is 2.61. The molecule has 1 amide bonds. The maximum absolute atomic E-state index is 11.9. The quantitative estimate of drug-likeness (QED) is 0.512. The topological polar surface area (TPSA) is 94.4 Å². The first-order valence-electron chi connectivity index (χ1n) is 7.60. The second kappa shape index (κ2) is 7.72. The van der Waals surface area contributed by atoms with E-state index in [0.717, 1.165) is 25.7 Å². The van der Waals surface area contributed by atoms with E-state index >= 15 is 0 Å². The molecule has 0 saturated heterocycles. The molecule has 0 aromatic carbocycles. The minimum absolute atomic E-state index is 0.0200. The molecule has 1 aromatic heterocycles. The largest absolute Gasteiger partial charge is 0.476 e. The van der Waals surface area contributed by atoms with Crippen molar-refractivity contribution < 1.29 is 14.5 Å². The highest BCUT2D eigenvalue weighted by atomic mass is 16.6. The van der Waals surface area contributed by atoms with Gasteiger partial charge in [-0.15, -0.1) is 0 Å². The highest BCUT2D eigenvalue weighted by molar-refractivity contribution is 5.77. The molecule has 1 N–H and O–H groups in total. The summed E-state index contributed by atoms with van der Waals surface area (Å²) in [5.74, 6) is -0.587. The van der Waals surface area contributed by atoms with Crippen molar-refractivity contribution in [2.24, 2.45) is 0 Å². The molecule has 120 valence electrons. The molecular formula is C15H21N3O4. The summed E-state index contributed by atoms with van der Waals surface area (Å²) in [6.07, 6.45) is 6.64. The van der Waals surface area contributed by atoms with Crippen LogP contribution in [0, 0.1) is 17.0 Å². The second-order valence-electron chi connectivity index (χ2n) is 5.58. The number of aromatic nitrogens is 1. The van der Waals surface area contributed by atoms with Crippen LogP contribution in [-0.4, -0.2) is 28.5 Å². The molecule has 1 aliphatic rings. The summed E-state index contributed by atoms with van der Waals surface area (Å²) in [7, 11) is 0. The number of nitro groups is 1. The molecule has 0 unspecified atom stereocenters. The van der Waals surface area contributed by atoms with Gasteiger partial charge >= 0.3 is 5.82 Å². The van der Waals surface area contributed by atoms with Crippen LogP contribution in [0.3, 0.4) is 0 Å². The Morgan fingerprint density at radius 1 is 1.36 bits per heavy atom. The van der Waals surface area contributed by atoms with Crippen LogP contribution in [0.25, 0.3) is 0 Å². The Labute approximate surface area is 129 Å². The molecule has 2 rings (SSSR count). The zero-order valence-corrected chi connectivity index (χ0v) is 12.7. The number of hydrogen-bond donors (Lipinski definition) is 1. The van der Waals surface area contributed by atoms with Gasteiger partial charge in [-0.25, -0.2) is 0 Å². The molecule has 1 aromatic rings. The standard InChI is InChI=1S/C15H21N3O4/c1-11-8-9-13(15(16-11)18(20)21)22-10-14(19)17-12-6-4-2-3-5-7-12/h8-9,12H,2-7,10H2,1H3,(H,17,19). The Morgan fingerprint density at radius 2 is 2.05 bits per heavy atom. The fourth-order valence-corrected chi connectivity index (χ4v) is 2.61. The molecule has 0 atom stereocenters. The van der Waals surface area contributed by atoms with E-state index in [1.807, 2.05) is 0 Å². The van der Waals surface area contributed by atoms with Crippen LogP contribution in [0.4, 0.5) is 5.82 Å². The van der Waals surface area contributed by atoms with Crippen LogP contribution in [0.5, 0.6) is 5.75 Å². The SMILES string of the molecule is Cc1ccc(OCC(=O)NC2CCCCCC2)c([N+](=O)[O-])n1. The summed E-state index contributed by atoms with van der Waals surface area (Å²) in [5.41, 5.74) is 0.530. The average Bonchev–Trinajstić information content (AvgIpc) is 2.74. The molecule has 0 aliphatic heterocycles. The van der Waals surface area contributed by atoms with Gasteiger partial charge in [-0.05, 0) is 34.9 Å². The third-order valence-electron chi connectivity index (χ3n) is 3.73. The summed E-state index contributed by atoms with van der Waals surface area (Å²) in [6, 6.07) is 3.27. The van der Waals surface area contributed by atoms with Gasteiger partial charge in [0.05, 0.1) is 0 Å². The Kier molecular flexibility index (Phi) is 5.68. The van der Waals surface area contributed by atoms with E-state index in [4.69, 9.17) is 4.74 Å². The van der Waals surface area contributed by atoms with Gasteiger partial charge in [0.1, 0.15) is 5.69 Å². The van der Waals surface area contributed by atoms with Crippen LogP contribution in [0.15, 0.2) is 12.1 Å². The smallest absolute Gasteiger partial charge is 0.406 e. The Balaban J connectivity index is 1.89. The van der Waals surface area contributed by atoms with Crippen molar-refractivity contribution in [3.8, 4) is 5.75 Å². The van der Waals surface area contributed by atoms with Crippen LogP contribution < -0.4 is 10.1 Å². The first-order valence-corrected chi connectivity index (χ1v) is 7.60. The zero-order chi connectivity index (χ0) is 15.9. The normalized spacial score (nSPS) is 15.9. The molecule has 22 heavy (non-hydrogen) atoms. The molecule has 7 heteroatoms. The molecule has 7 nitrogen and oxygen atoms in total. The van der Waals surface area contributed by atoms with Crippen molar-refractivity contribution >= 4 is 11.7 Å². The molecule has 1 heterocycles. The van der Waals surface area contributed by atoms with E-state index in [9.17, 15) is 14.9 Å². The van der Waals surface area contributed by atoms with Crippen molar-refractivity contribution in [2.45, 2.75) is 51.5 Å². The van der Waals surface area contributed by atoms with E-state index in [-0.39, 0.29) is 30.1 Å². The van der Waals surface area contributed by atoms with E-state index in [2.05, 4.69) is 10.3 Å². The Bertz CT molecular complexity index is 540. The first kappa shape index (κ1) is 16.2. The van der Waals surface area contributed by atoms with Gasteiger partial charge in [0.25, 0.3) is 5.91 Å². The number of nitrogens with zero attached hydrogens (tertiary/aromatic N) is 2. The van der Waals surface area contributed by atoms with E-state index in [1.165, 1.54) is 18.9 Å². The number of carbonyl (C=O) groups is 1. The van der Waals surface area contributed by atoms with E-state index in [0.29, 0.717) is 5.69 Å². The van der Waals surface area contributed by atoms with Crippen molar-refractivity contribution in [1.29, 1.82) is 0 Å². The third-order valence-corrected chi connectivity index (χ3v) is 3.73. The lowest BCUT2D eigenvalue weighted by atomic mass is 10.1. The summed E-state index contributed by atoms with van der Waals surface area (Å²) >= 11 is 0. The number of amides is 1. The van der Waals surface area contributed by atoms with Crippen molar-refractivity contribution in [1.82, 2.24) is 10.3 Å². The maximum Gasteiger partial charge on any atom is 0.406 e. The van der Waals surface area contributed by atoms with Gasteiger partial charge in [0.2, 0.25) is 5.75 Å². The molecule has 0 bridgehead atoms. The Hall–Kier alpha value is -2.18. The van der Waals surface area contributed by atoms with Gasteiger partial charge in [0, 0.05) is 13.0 Å². The Morgan fingerprint density at radius 3 is 2.68 bits per heavy atom. The lowest BCUT2D eigenvalue weighted by Gasteiger charge is -2.16. The van der Waals surface area contributed by atoms with Gasteiger partial charge in [-0.3, -0.25) is 4.79 Å². The number of pyridine rings is 1. The van der Waals surface area contributed by atoms with Crippen LogP contribution >= 0.6 is 0 Å². The predicted octanol–water partition coefficient (Wildman–Crippen LogP) is 2.52. The van der Waals surface area contributed by atoms with Crippen molar-refractivity contribution in [2.75, 3.05) is 6.61 Å². The number of carbonyl (C=O) groups excluding carboxylic acids is 1. The van der Waals surface area contributed by atoms with Gasteiger partial charge in [-0.2, -0.15) is 0 Å².